The second kappa shape index (κ2) is 7.77. The van der Waals surface area contributed by atoms with Crippen molar-refractivity contribution < 1.29 is 4.79 Å². The molecule has 1 aliphatic heterocycles. The van der Waals surface area contributed by atoms with E-state index >= 15 is 0 Å². The molecule has 4 heteroatoms. The topological polar surface area (TPSA) is 45.2 Å². The van der Waals surface area contributed by atoms with Gasteiger partial charge in [-0.15, -0.1) is 0 Å². The molecule has 1 aromatic heterocycles. The molecule has 120 valence electrons. The smallest absolute Gasteiger partial charge is 0.318 e. The highest BCUT2D eigenvalue weighted by atomic mass is 16.2. The Labute approximate surface area is 137 Å². The number of nitrogens with one attached hydrogen (secondary N) is 1. The lowest BCUT2D eigenvalue weighted by Gasteiger charge is -2.26. The highest BCUT2D eigenvalue weighted by molar-refractivity contribution is 5.75. The van der Waals surface area contributed by atoms with Crippen molar-refractivity contribution in [1.29, 1.82) is 0 Å². The highest BCUT2D eigenvalue weighted by Gasteiger charge is 2.21. The molecule has 1 N–H and O–H groups in total. The lowest BCUT2D eigenvalue weighted by Crippen LogP contribution is -2.42. The summed E-state index contributed by atoms with van der Waals surface area (Å²) in [6.07, 6.45) is 8.19. The van der Waals surface area contributed by atoms with Crippen molar-refractivity contribution in [2.75, 3.05) is 13.1 Å². The molecule has 0 radical (unpaired) electrons. The summed E-state index contributed by atoms with van der Waals surface area (Å²) in [5.74, 6) is 0. The molecule has 1 unspecified atom stereocenters. The van der Waals surface area contributed by atoms with Gasteiger partial charge in [0.15, 0.2) is 0 Å². The van der Waals surface area contributed by atoms with E-state index < -0.39 is 0 Å². The van der Waals surface area contributed by atoms with Gasteiger partial charge in [-0.25, -0.2) is 4.79 Å². The maximum atomic E-state index is 12.7. The van der Waals surface area contributed by atoms with E-state index in [1.165, 1.54) is 12.8 Å². The van der Waals surface area contributed by atoms with Gasteiger partial charge in [0.25, 0.3) is 0 Å². The van der Waals surface area contributed by atoms with Crippen LogP contribution in [0, 0.1) is 0 Å². The Hall–Kier alpha value is -2.36. The first-order valence-corrected chi connectivity index (χ1v) is 8.35. The van der Waals surface area contributed by atoms with Crippen LogP contribution in [-0.2, 0) is 0 Å². The number of pyridine rings is 1. The van der Waals surface area contributed by atoms with Crippen LogP contribution in [-0.4, -0.2) is 29.0 Å². The maximum absolute atomic E-state index is 12.7. The third-order valence-electron chi connectivity index (χ3n) is 4.31. The van der Waals surface area contributed by atoms with Gasteiger partial charge >= 0.3 is 6.03 Å². The van der Waals surface area contributed by atoms with Crippen LogP contribution >= 0.6 is 0 Å². The number of benzene rings is 1. The molecule has 1 aliphatic rings. The molecule has 3 rings (SSSR count). The first-order valence-electron chi connectivity index (χ1n) is 8.35. The van der Waals surface area contributed by atoms with Crippen molar-refractivity contribution in [2.45, 2.75) is 31.7 Å². The number of hydrogen-bond donors (Lipinski definition) is 1. The van der Waals surface area contributed by atoms with Crippen LogP contribution in [0.3, 0.4) is 0 Å². The minimum atomic E-state index is -0.166. The van der Waals surface area contributed by atoms with Crippen molar-refractivity contribution in [2.24, 2.45) is 0 Å². The number of nitrogens with zero attached hydrogens (tertiary/aromatic N) is 2. The van der Waals surface area contributed by atoms with Crippen LogP contribution in [0.4, 0.5) is 4.79 Å². The number of amides is 2. The van der Waals surface area contributed by atoms with Crippen LogP contribution in [0.5, 0.6) is 0 Å². The van der Waals surface area contributed by atoms with Crippen LogP contribution in [0.1, 0.15) is 42.9 Å². The molecule has 0 aliphatic carbocycles. The quantitative estimate of drug-likeness (QED) is 0.938. The molecule has 2 aromatic rings. The molecule has 1 atom stereocenters. The largest absolute Gasteiger partial charge is 0.327 e. The Balaban J connectivity index is 1.80. The van der Waals surface area contributed by atoms with Crippen molar-refractivity contribution in [3.63, 3.8) is 0 Å². The number of carbonyl (C=O) groups is 1. The summed E-state index contributed by atoms with van der Waals surface area (Å²) >= 11 is 0. The minimum Gasteiger partial charge on any atom is -0.327 e. The molecular formula is C19H23N3O. The van der Waals surface area contributed by atoms with Gasteiger partial charge in [-0.05, 0) is 30.0 Å². The van der Waals surface area contributed by atoms with Crippen LogP contribution in [0.25, 0.3) is 0 Å². The van der Waals surface area contributed by atoms with E-state index in [9.17, 15) is 4.79 Å². The number of urea groups is 1. The first-order chi connectivity index (χ1) is 11.3. The summed E-state index contributed by atoms with van der Waals surface area (Å²) in [6.45, 7) is 1.70. The van der Waals surface area contributed by atoms with E-state index in [0.29, 0.717) is 0 Å². The van der Waals surface area contributed by atoms with Gasteiger partial charge in [0, 0.05) is 25.5 Å². The molecule has 2 heterocycles. The second-order valence-corrected chi connectivity index (χ2v) is 5.98. The summed E-state index contributed by atoms with van der Waals surface area (Å²) in [7, 11) is 0. The Bertz CT molecular complexity index is 568. The molecule has 2 amide bonds. The standard InChI is InChI=1S/C19H23N3O/c23-19(22-13-6-1-2-7-14-22)21-18(16-9-4-3-5-10-16)17-11-8-12-20-15-17/h3-5,8-12,15,18H,1-2,6-7,13-14H2,(H,21,23). The van der Waals surface area contributed by atoms with E-state index in [4.69, 9.17) is 0 Å². The molecule has 0 saturated carbocycles. The molecule has 4 nitrogen and oxygen atoms in total. The predicted octanol–water partition coefficient (Wildman–Crippen LogP) is 3.76. The Morgan fingerprint density at radius 3 is 2.30 bits per heavy atom. The fourth-order valence-electron chi connectivity index (χ4n) is 3.04. The predicted molar refractivity (Wildman–Crippen MR) is 91.1 cm³/mol. The van der Waals surface area contributed by atoms with Gasteiger partial charge < -0.3 is 10.2 Å². The van der Waals surface area contributed by atoms with E-state index in [2.05, 4.69) is 10.3 Å². The zero-order chi connectivity index (χ0) is 15.9. The molecular weight excluding hydrogens is 286 g/mol. The second-order valence-electron chi connectivity index (χ2n) is 5.98. The normalized spacial score (nSPS) is 16.4. The van der Waals surface area contributed by atoms with Gasteiger partial charge in [0.1, 0.15) is 0 Å². The summed E-state index contributed by atoms with van der Waals surface area (Å²) in [5.41, 5.74) is 2.07. The van der Waals surface area contributed by atoms with Crippen LogP contribution < -0.4 is 5.32 Å². The third-order valence-corrected chi connectivity index (χ3v) is 4.31. The fraction of sp³-hybridized carbons (Fsp3) is 0.368. The Morgan fingerprint density at radius 2 is 1.65 bits per heavy atom. The summed E-state index contributed by atoms with van der Waals surface area (Å²) in [4.78, 5) is 18.8. The van der Waals surface area contributed by atoms with E-state index in [0.717, 1.165) is 37.1 Å². The average Bonchev–Trinajstić information content (AvgIpc) is 2.90. The lowest BCUT2D eigenvalue weighted by atomic mass is 10.0. The zero-order valence-electron chi connectivity index (χ0n) is 13.3. The van der Waals surface area contributed by atoms with E-state index in [1.807, 2.05) is 53.6 Å². The van der Waals surface area contributed by atoms with Gasteiger partial charge in [-0.2, -0.15) is 0 Å². The average molecular weight is 309 g/mol. The van der Waals surface area contributed by atoms with Gasteiger partial charge in [0.2, 0.25) is 0 Å². The third kappa shape index (κ3) is 4.09. The molecule has 1 aromatic carbocycles. The van der Waals surface area contributed by atoms with E-state index in [1.54, 1.807) is 6.20 Å². The van der Waals surface area contributed by atoms with Gasteiger partial charge in [-0.1, -0.05) is 49.2 Å². The van der Waals surface area contributed by atoms with Crippen molar-refractivity contribution >= 4 is 6.03 Å². The summed E-state index contributed by atoms with van der Waals surface area (Å²) < 4.78 is 0. The monoisotopic (exact) mass is 309 g/mol. The van der Waals surface area contributed by atoms with Crippen LogP contribution in [0.15, 0.2) is 54.9 Å². The maximum Gasteiger partial charge on any atom is 0.318 e. The zero-order valence-corrected chi connectivity index (χ0v) is 13.3. The number of likely N-dealkylation sites (tertiary alicyclic amines) is 1. The first kappa shape index (κ1) is 15.5. The Kier molecular flexibility index (Phi) is 5.25. The van der Waals surface area contributed by atoms with Crippen molar-refractivity contribution in [3.8, 4) is 0 Å². The van der Waals surface area contributed by atoms with E-state index in [-0.39, 0.29) is 12.1 Å². The summed E-state index contributed by atoms with van der Waals surface area (Å²) in [5, 5.41) is 3.19. The number of carbonyl (C=O) groups excluding carboxylic acids is 1. The molecule has 1 fully saturated rings. The molecule has 1 saturated heterocycles. The SMILES string of the molecule is O=C(NC(c1ccccc1)c1cccnc1)N1CCCCCC1. The van der Waals surface area contributed by atoms with Gasteiger partial charge in [-0.3, -0.25) is 4.98 Å². The van der Waals surface area contributed by atoms with Crippen molar-refractivity contribution in [3.05, 3.63) is 66.0 Å². The Morgan fingerprint density at radius 1 is 0.957 bits per heavy atom. The number of rotatable bonds is 3. The van der Waals surface area contributed by atoms with Gasteiger partial charge in [0.05, 0.1) is 6.04 Å². The lowest BCUT2D eigenvalue weighted by molar-refractivity contribution is 0.197. The number of aromatic nitrogens is 1. The molecule has 23 heavy (non-hydrogen) atoms. The number of hydrogen-bond acceptors (Lipinski definition) is 2. The fourth-order valence-corrected chi connectivity index (χ4v) is 3.04. The molecule has 0 bridgehead atoms. The van der Waals surface area contributed by atoms with Crippen molar-refractivity contribution in [1.82, 2.24) is 15.2 Å². The van der Waals surface area contributed by atoms with Crippen LogP contribution in [0.2, 0.25) is 0 Å². The molecule has 0 spiro atoms. The minimum absolute atomic E-state index is 0.0182. The summed E-state index contributed by atoms with van der Waals surface area (Å²) in [6, 6.07) is 13.8. The highest BCUT2D eigenvalue weighted by Crippen LogP contribution is 2.22.